The van der Waals surface area contributed by atoms with Gasteiger partial charge in [0.25, 0.3) is 0 Å². The molecule has 0 bridgehead atoms. The predicted molar refractivity (Wildman–Crippen MR) is 71.4 cm³/mol. The zero-order valence-corrected chi connectivity index (χ0v) is 11.5. The highest BCUT2D eigenvalue weighted by Crippen LogP contribution is 2.13. The smallest absolute Gasteiger partial charge is 0.326 e. The van der Waals surface area contributed by atoms with Crippen LogP contribution >= 0.6 is 11.6 Å². The number of hydrogen-bond donors (Lipinski definition) is 2. The minimum absolute atomic E-state index is 0.165. The summed E-state index contributed by atoms with van der Waals surface area (Å²) in [5, 5.41) is 12.1. The van der Waals surface area contributed by atoms with Gasteiger partial charge in [-0.1, -0.05) is 17.7 Å². The van der Waals surface area contributed by atoms with Gasteiger partial charge in [0.15, 0.2) is 0 Å². The summed E-state index contributed by atoms with van der Waals surface area (Å²) >= 11 is 5.67. The molecule has 1 aliphatic rings. The number of hydrogen-bond acceptors (Lipinski definition) is 4. The van der Waals surface area contributed by atoms with Gasteiger partial charge in [-0.2, -0.15) is 0 Å². The summed E-state index contributed by atoms with van der Waals surface area (Å²) in [7, 11) is 0. The molecule has 0 saturated carbocycles. The number of nitrogens with one attached hydrogen (secondary N) is 1. The van der Waals surface area contributed by atoms with Crippen LogP contribution in [-0.4, -0.2) is 41.2 Å². The van der Waals surface area contributed by atoms with E-state index in [2.05, 4.69) is 10.3 Å². The molecule has 1 aromatic heterocycles. The molecule has 0 unspecified atom stereocenters. The quantitative estimate of drug-likeness (QED) is 0.788. The number of pyridine rings is 1. The summed E-state index contributed by atoms with van der Waals surface area (Å²) < 4.78 is 5.12. The van der Waals surface area contributed by atoms with Crippen molar-refractivity contribution in [1.29, 1.82) is 0 Å². The number of aliphatic carboxylic acids is 1. The lowest BCUT2D eigenvalue weighted by Crippen LogP contribution is -2.45. The van der Waals surface area contributed by atoms with Gasteiger partial charge in [0.2, 0.25) is 5.91 Å². The minimum atomic E-state index is -1.08. The molecular weight excluding hydrogens is 284 g/mol. The van der Waals surface area contributed by atoms with Crippen molar-refractivity contribution in [2.75, 3.05) is 13.2 Å². The molecule has 0 spiro atoms. The van der Waals surface area contributed by atoms with Crippen LogP contribution < -0.4 is 5.32 Å². The summed E-state index contributed by atoms with van der Waals surface area (Å²) in [5.41, 5.74) is 0.699. The lowest BCUT2D eigenvalue weighted by Gasteiger charge is -2.16. The van der Waals surface area contributed by atoms with E-state index in [0.29, 0.717) is 30.4 Å². The standard InChI is InChI=1S/C13H15ClN2O4/c14-11-2-1-8(6-15-11)5-10(13(18)19)16-12(17)9-3-4-20-7-9/h1-2,6,9-10H,3-5,7H2,(H,16,17)(H,18,19)/t9-,10+/m1/s1. The molecule has 1 aromatic rings. The summed E-state index contributed by atoms with van der Waals surface area (Å²) in [6.45, 7) is 0.887. The molecule has 7 heteroatoms. The number of amides is 1. The predicted octanol–water partition coefficient (Wildman–Crippen LogP) is 0.883. The molecule has 20 heavy (non-hydrogen) atoms. The molecule has 1 fully saturated rings. The van der Waals surface area contributed by atoms with E-state index >= 15 is 0 Å². The van der Waals surface area contributed by atoms with Crippen LogP contribution in [0.25, 0.3) is 0 Å². The molecular formula is C13H15ClN2O4. The Hall–Kier alpha value is -1.66. The fraction of sp³-hybridized carbons (Fsp3) is 0.462. The Balaban J connectivity index is 1.98. The maximum atomic E-state index is 11.9. The molecule has 2 atom stereocenters. The number of halogens is 1. The van der Waals surface area contributed by atoms with Crippen LogP contribution in [0, 0.1) is 5.92 Å². The van der Waals surface area contributed by atoms with Crippen molar-refractivity contribution >= 4 is 23.5 Å². The highest BCUT2D eigenvalue weighted by atomic mass is 35.5. The first-order chi connectivity index (χ1) is 9.56. The van der Waals surface area contributed by atoms with Gasteiger partial charge >= 0.3 is 5.97 Å². The van der Waals surface area contributed by atoms with Crippen molar-refractivity contribution in [2.24, 2.45) is 5.92 Å². The number of carbonyl (C=O) groups is 2. The van der Waals surface area contributed by atoms with Crippen molar-refractivity contribution in [3.05, 3.63) is 29.0 Å². The van der Waals surface area contributed by atoms with Crippen molar-refractivity contribution in [3.63, 3.8) is 0 Å². The molecule has 1 saturated heterocycles. The summed E-state index contributed by atoms with van der Waals surface area (Å²) in [5.74, 6) is -1.62. The largest absolute Gasteiger partial charge is 0.480 e. The minimum Gasteiger partial charge on any atom is -0.480 e. The van der Waals surface area contributed by atoms with Crippen LogP contribution in [0.5, 0.6) is 0 Å². The van der Waals surface area contributed by atoms with E-state index in [1.165, 1.54) is 6.20 Å². The number of aromatic nitrogens is 1. The molecule has 2 rings (SSSR count). The van der Waals surface area contributed by atoms with Crippen LogP contribution in [-0.2, 0) is 20.7 Å². The van der Waals surface area contributed by atoms with Gasteiger partial charge < -0.3 is 15.2 Å². The first-order valence-electron chi connectivity index (χ1n) is 6.27. The number of nitrogens with zero attached hydrogens (tertiary/aromatic N) is 1. The number of ether oxygens (including phenoxy) is 1. The topological polar surface area (TPSA) is 88.5 Å². The Bertz CT molecular complexity index is 486. The Kier molecular flexibility index (Phi) is 4.92. The van der Waals surface area contributed by atoms with Crippen molar-refractivity contribution in [1.82, 2.24) is 10.3 Å². The zero-order chi connectivity index (χ0) is 14.5. The average Bonchev–Trinajstić information content (AvgIpc) is 2.94. The summed E-state index contributed by atoms with van der Waals surface area (Å²) in [6, 6.07) is 2.30. The van der Waals surface area contributed by atoms with Crippen molar-refractivity contribution in [2.45, 2.75) is 18.9 Å². The molecule has 0 aromatic carbocycles. The molecule has 0 radical (unpaired) electrons. The number of carboxylic acid groups (broad SMARTS) is 1. The molecule has 108 valence electrons. The van der Waals surface area contributed by atoms with E-state index in [1.54, 1.807) is 12.1 Å². The summed E-state index contributed by atoms with van der Waals surface area (Å²) in [4.78, 5) is 27.0. The Morgan fingerprint density at radius 1 is 1.55 bits per heavy atom. The second-order valence-electron chi connectivity index (χ2n) is 4.65. The Labute approximate surface area is 121 Å². The van der Waals surface area contributed by atoms with E-state index in [-0.39, 0.29) is 18.2 Å². The maximum absolute atomic E-state index is 11.9. The van der Waals surface area contributed by atoms with E-state index in [1.807, 2.05) is 0 Å². The third-order valence-electron chi connectivity index (χ3n) is 3.14. The van der Waals surface area contributed by atoms with Crippen LogP contribution in [0.1, 0.15) is 12.0 Å². The highest BCUT2D eigenvalue weighted by molar-refractivity contribution is 6.29. The SMILES string of the molecule is O=C(N[C@@H](Cc1ccc(Cl)nc1)C(=O)O)[C@@H]1CCOC1. The van der Waals surface area contributed by atoms with Gasteiger partial charge in [-0.3, -0.25) is 4.79 Å². The third-order valence-corrected chi connectivity index (χ3v) is 3.37. The van der Waals surface area contributed by atoms with Gasteiger partial charge in [0, 0.05) is 19.2 Å². The molecule has 1 aliphatic heterocycles. The number of carboxylic acids is 1. The first kappa shape index (κ1) is 14.7. The third kappa shape index (κ3) is 3.91. The normalized spacial score (nSPS) is 19.6. The van der Waals surface area contributed by atoms with Crippen molar-refractivity contribution in [3.8, 4) is 0 Å². The average molecular weight is 299 g/mol. The molecule has 6 nitrogen and oxygen atoms in total. The summed E-state index contributed by atoms with van der Waals surface area (Å²) in [6.07, 6.45) is 2.29. The second-order valence-corrected chi connectivity index (χ2v) is 5.04. The van der Waals surface area contributed by atoms with Gasteiger partial charge in [-0.15, -0.1) is 0 Å². The number of rotatable bonds is 5. The Morgan fingerprint density at radius 3 is 2.90 bits per heavy atom. The van der Waals surface area contributed by atoms with Gasteiger partial charge in [0.05, 0.1) is 12.5 Å². The van der Waals surface area contributed by atoms with E-state index in [4.69, 9.17) is 16.3 Å². The fourth-order valence-corrected chi connectivity index (χ4v) is 2.11. The van der Waals surface area contributed by atoms with Gasteiger partial charge in [-0.25, -0.2) is 9.78 Å². The first-order valence-corrected chi connectivity index (χ1v) is 6.65. The molecule has 0 aliphatic carbocycles. The molecule has 2 heterocycles. The highest BCUT2D eigenvalue weighted by Gasteiger charge is 2.28. The fourth-order valence-electron chi connectivity index (χ4n) is 1.99. The van der Waals surface area contributed by atoms with Gasteiger partial charge in [0.1, 0.15) is 11.2 Å². The second kappa shape index (κ2) is 6.67. The monoisotopic (exact) mass is 298 g/mol. The van der Waals surface area contributed by atoms with Crippen LogP contribution in [0.2, 0.25) is 5.15 Å². The van der Waals surface area contributed by atoms with Gasteiger partial charge in [-0.05, 0) is 18.1 Å². The van der Waals surface area contributed by atoms with Crippen LogP contribution in [0.4, 0.5) is 0 Å². The lowest BCUT2D eigenvalue weighted by atomic mass is 10.0. The van der Waals surface area contributed by atoms with Crippen molar-refractivity contribution < 1.29 is 19.4 Å². The zero-order valence-electron chi connectivity index (χ0n) is 10.7. The van der Waals surface area contributed by atoms with E-state index in [9.17, 15) is 14.7 Å². The molecule has 2 N–H and O–H groups in total. The lowest BCUT2D eigenvalue weighted by molar-refractivity contribution is -0.142. The van der Waals surface area contributed by atoms with Crippen LogP contribution in [0.15, 0.2) is 18.3 Å². The Morgan fingerprint density at radius 2 is 2.35 bits per heavy atom. The number of carbonyl (C=O) groups excluding carboxylic acids is 1. The molecule has 1 amide bonds. The maximum Gasteiger partial charge on any atom is 0.326 e. The van der Waals surface area contributed by atoms with Crippen LogP contribution in [0.3, 0.4) is 0 Å². The van der Waals surface area contributed by atoms with E-state index in [0.717, 1.165) is 0 Å². The van der Waals surface area contributed by atoms with E-state index < -0.39 is 12.0 Å².